The molecule has 1 N–H and O–H groups in total. The Kier molecular flexibility index (Phi) is 7.57. The third-order valence-electron chi connectivity index (χ3n) is 4.79. The summed E-state index contributed by atoms with van der Waals surface area (Å²) in [6, 6.07) is 14.7. The summed E-state index contributed by atoms with van der Waals surface area (Å²) in [5, 5.41) is 2.34. The number of benzene rings is 3. The first kappa shape index (κ1) is 25.6. The molecule has 180 valence electrons. The number of nitrogens with zero attached hydrogens (tertiary/aromatic N) is 1. The highest BCUT2D eigenvalue weighted by Crippen LogP contribution is 2.32. The van der Waals surface area contributed by atoms with E-state index in [1.807, 2.05) is 6.92 Å². The summed E-state index contributed by atoms with van der Waals surface area (Å²) >= 11 is 3.25. The molecular formula is C23H20BrF3N2O4S. The molecule has 0 saturated heterocycles. The van der Waals surface area contributed by atoms with Gasteiger partial charge in [-0.1, -0.05) is 23.8 Å². The van der Waals surface area contributed by atoms with Gasteiger partial charge in [0.15, 0.2) is 0 Å². The lowest BCUT2D eigenvalue weighted by Gasteiger charge is -2.24. The van der Waals surface area contributed by atoms with Crippen molar-refractivity contribution in [1.29, 1.82) is 0 Å². The van der Waals surface area contributed by atoms with Crippen molar-refractivity contribution in [2.45, 2.75) is 18.0 Å². The molecule has 0 unspecified atom stereocenters. The highest BCUT2D eigenvalue weighted by atomic mass is 79.9. The van der Waals surface area contributed by atoms with Gasteiger partial charge in [0.25, 0.3) is 10.0 Å². The number of aryl methyl sites for hydroxylation is 1. The molecule has 11 heteroatoms. The van der Waals surface area contributed by atoms with E-state index in [1.165, 1.54) is 31.4 Å². The van der Waals surface area contributed by atoms with Gasteiger partial charge in [-0.05, 0) is 71.4 Å². The predicted octanol–water partition coefficient (Wildman–Crippen LogP) is 5.62. The number of methoxy groups -OCH3 is 1. The largest absolute Gasteiger partial charge is 0.496 e. The van der Waals surface area contributed by atoms with Crippen molar-refractivity contribution in [3.63, 3.8) is 0 Å². The fourth-order valence-electron chi connectivity index (χ4n) is 3.07. The van der Waals surface area contributed by atoms with Gasteiger partial charge in [0.2, 0.25) is 5.91 Å². The Balaban J connectivity index is 1.95. The van der Waals surface area contributed by atoms with Gasteiger partial charge < -0.3 is 10.1 Å². The van der Waals surface area contributed by atoms with E-state index in [1.54, 1.807) is 24.3 Å². The summed E-state index contributed by atoms with van der Waals surface area (Å²) in [6.07, 6.45) is -4.58. The van der Waals surface area contributed by atoms with Gasteiger partial charge in [-0.2, -0.15) is 13.2 Å². The number of hydrogen-bond acceptors (Lipinski definition) is 4. The van der Waals surface area contributed by atoms with Crippen molar-refractivity contribution in [2.75, 3.05) is 23.3 Å². The van der Waals surface area contributed by atoms with Crippen molar-refractivity contribution in [1.82, 2.24) is 0 Å². The first-order valence-corrected chi connectivity index (χ1v) is 12.0. The SMILES string of the molecule is COc1ccc(S(=O)(=O)N(CC(=O)Nc2cccc(C(F)(F)F)c2)c2ccc(C)cc2)cc1Br. The molecule has 0 radical (unpaired) electrons. The van der Waals surface area contributed by atoms with Crippen LogP contribution < -0.4 is 14.4 Å². The minimum absolute atomic E-state index is 0.103. The maximum atomic E-state index is 13.5. The number of carbonyl (C=O) groups excluding carboxylic acids is 1. The Morgan fingerprint density at radius 1 is 1.06 bits per heavy atom. The molecule has 0 spiro atoms. The Morgan fingerprint density at radius 2 is 1.74 bits per heavy atom. The zero-order valence-corrected chi connectivity index (χ0v) is 20.5. The number of carbonyl (C=O) groups is 1. The summed E-state index contributed by atoms with van der Waals surface area (Å²) in [4.78, 5) is 12.6. The van der Waals surface area contributed by atoms with Crippen LogP contribution in [0.1, 0.15) is 11.1 Å². The lowest BCUT2D eigenvalue weighted by Crippen LogP contribution is -2.38. The molecule has 0 heterocycles. The van der Waals surface area contributed by atoms with Crippen molar-refractivity contribution in [3.8, 4) is 5.75 Å². The number of ether oxygens (including phenoxy) is 1. The Labute approximate surface area is 203 Å². The fraction of sp³-hybridized carbons (Fsp3) is 0.174. The van der Waals surface area contributed by atoms with E-state index < -0.39 is 34.2 Å². The number of nitrogens with one attached hydrogen (secondary N) is 1. The van der Waals surface area contributed by atoms with Gasteiger partial charge in [-0.15, -0.1) is 0 Å². The third kappa shape index (κ3) is 5.89. The zero-order valence-electron chi connectivity index (χ0n) is 18.1. The van der Waals surface area contributed by atoms with Crippen LogP contribution in [0.25, 0.3) is 0 Å². The molecule has 0 aliphatic heterocycles. The maximum absolute atomic E-state index is 13.5. The summed E-state index contributed by atoms with van der Waals surface area (Å²) in [6.45, 7) is 1.16. The molecule has 0 saturated carbocycles. The lowest BCUT2D eigenvalue weighted by molar-refractivity contribution is -0.137. The van der Waals surface area contributed by atoms with E-state index in [-0.39, 0.29) is 16.3 Å². The molecular weight excluding hydrogens is 537 g/mol. The smallest absolute Gasteiger partial charge is 0.416 e. The summed E-state index contributed by atoms with van der Waals surface area (Å²) in [5.74, 6) is -0.390. The molecule has 0 aliphatic carbocycles. The quantitative estimate of drug-likeness (QED) is 0.410. The van der Waals surface area contributed by atoms with E-state index in [4.69, 9.17) is 4.74 Å². The van der Waals surface area contributed by atoms with E-state index >= 15 is 0 Å². The van der Waals surface area contributed by atoms with Crippen LogP contribution in [0.4, 0.5) is 24.5 Å². The number of amides is 1. The second-order valence-electron chi connectivity index (χ2n) is 7.27. The van der Waals surface area contributed by atoms with Crippen LogP contribution in [0.15, 0.2) is 76.1 Å². The monoisotopic (exact) mass is 556 g/mol. The molecule has 0 fully saturated rings. The topological polar surface area (TPSA) is 75.7 Å². The zero-order chi connectivity index (χ0) is 25.1. The molecule has 3 rings (SSSR count). The first-order chi connectivity index (χ1) is 15.9. The van der Waals surface area contributed by atoms with Crippen molar-refractivity contribution in [2.24, 2.45) is 0 Å². The van der Waals surface area contributed by atoms with Gasteiger partial charge in [0, 0.05) is 5.69 Å². The number of hydrogen-bond donors (Lipinski definition) is 1. The lowest BCUT2D eigenvalue weighted by atomic mass is 10.2. The second kappa shape index (κ2) is 10.1. The van der Waals surface area contributed by atoms with Crippen LogP contribution in [0.3, 0.4) is 0 Å². The molecule has 0 atom stereocenters. The number of halogens is 4. The van der Waals surface area contributed by atoms with Crippen LogP contribution in [-0.2, 0) is 21.0 Å². The second-order valence-corrected chi connectivity index (χ2v) is 9.99. The number of anilines is 2. The minimum atomic E-state index is -4.58. The van der Waals surface area contributed by atoms with Crippen LogP contribution in [0.5, 0.6) is 5.75 Å². The van der Waals surface area contributed by atoms with Gasteiger partial charge >= 0.3 is 6.18 Å². The Bertz CT molecular complexity index is 1300. The molecule has 6 nitrogen and oxygen atoms in total. The Hall–Kier alpha value is -3.05. The highest BCUT2D eigenvalue weighted by molar-refractivity contribution is 9.10. The van der Waals surface area contributed by atoms with Crippen LogP contribution in [-0.4, -0.2) is 28.0 Å². The molecule has 3 aromatic rings. The minimum Gasteiger partial charge on any atom is -0.496 e. The van der Waals surface area contributed by atoms with Crippen LogP contribution in [0, 0.1) is 6.92 Å². The average molecular weight is 557 g/mol. The summed E-state index contributed by atoms with van der Waals surface area (Å²) < 4.78 is 72.3. The van der Waals surface area contributed by atoms with Crippen molar-refractivity contribution in [3.05, 3.63) is 82.3 Å². The number of rotatable bonds is 7. The normalized spacial score (nSPS) is 11.7. The van der Waals surface area contributed by atoms with Gasteiger partial charge in [-0.3, -0.25) is 9.10 Å². The predicted molar refractivity (Wildman–Crippen MR) is 126 cm³/mol. The van der Waals surface area contributed by atoms with Gasteiger partial charge in [0.05, 0.1) is 27.7 Å². The molecule has 0 bridgehead atoms. The van der Waals surface area contributed by atoms with E-state index in [2.05, 4.69) is 21.2 Å². The molecule has 34 heavy (non-hydrogen) atoms. The van der Waals surface area contributed by atoms with Crippen LogP contribution >= 0.6 is 15.9 Å². The van der Waals surface area contributed by atoms with Crippen molar-refractivity contribution >= 4 is 43.2 Å². The standard InChI is InChI=1S/C23H20BrF3N2O4S/c1-15-6-8-18(9-7-15)29(34(31,32)19-10-11-21(33-2)20(24)13-19)14-22(30)28-17-5-3-4-16(12-17)23(25,26)27/h3-13H,14H2,1-2H3,(H,28,30). The van der Waals surface area contributed by atoms with E-state index in [0.717, 1.165) is 28.1 Å². The molecule has 3 aromatic carbocycles. The third-order valence-corrected chi connectivity index (χ3v) is 7.18. The Morgan fingerprint density at radius 3 is 2.32 bits per heavy atom. The molecule has 1 amide bonds. The molecule has 0 aliphatic rings. The average Bonchev–Trinajstić information content (AvgIpc) is 2.77. The van der Waals surface area contributed by atoms with E-state index in [9.17, 15) is 26.4 Å². The van der Waals surface area contributed by atoms with Gasteiger partial charge in [-0.25, -0.2) is 8.42 Å². The molecule has 0 aromatic heterocycles. The highest BCUT2D eigenvalue weighted by Gasteiger charge is 2.31. The number of alkyl halides is 3. The first-order valence-electron chi connectivity index (χ1n) is 9.82. The summed E-state index contributed by atoms with van der Waals surface area (Å²) in [5.41, 5.74) is 0.0584. The van der Waals surface area contributed by atoms with E-state index in [0.29, 0.717) is 10.2 Å². The van der Waals surface area contributed by atoms with Crippen LogP contribution in [0.2, 0.25) is 0 Å². The number of sulfonamides is 1. The maximum Gasteiger partial charge on any atom is 0.416 e. The summed E-state index contributed by atoms with van der Waals surface area (Å²) in [7, 11) is -2.79. The van der Waals surface area contributed by atoms with Gasteiger partial charge in [0.1, 0.15) is 12.3 Å². The fourth-order valence-corrected chi connectivity index (χ4v) is 5.21. The van der Waals surface area contributed by atoms with Crippen molar-refractivity contribution < 1.29 is 31.1 Å².